The third kappa shape index (κ3) is 7.20. The minimum atomic E-state index is -0.534. The number of carbonyl (C=O) groups excluding carboxylic acids is 1. The number of nitrogens with two attached hydrogens (primary N) is 3. The quantitative estimate of drug-likeness (QED) is 0.129. The lowest BCUT2D eigenvalue weighted by Gasteiger charge is -2.28. The first kappa shape index (κ1) is 28.2. The summed E-state index contributed by atoms with van der Waals surface area (Å²) in [5, 5.41) is 1.42. The summed E-state index contributed by atoms with van der Waals surface area (Å²) in [6, 6.07) is 16.1. The van der Waals surface area contributed by atoms with Crippen LogP contribution in [0, 0.1) is 17.8 Å². The van der Waals surface area contributed by atoms with E-state index < -0.39 is 5.97 Å². The van der Waals surface area contributed by atoms with Crippen molar-refractivity contribution < 1.29 is 14.3 Å². The standard InChI is InChI=1S/C31H41N5O3/c1-20(21-9-5-4-6-10-21)39-25-14-8-12-23(16-25)22-11-7-13-24(15-22)35-30(28(18-32)31(37)38-3)27-17-26(27)29(33)19-36(2)34/h7-8,11-16,18-21,26-27H,4-6,9-10,17,32-34H2,1-3H3/b28-18?,29-19-,35-30?/t20?,26?,27-/m1/s1. The first-order valence-corrected chi connectivity index (χ1v) is 13.7. The van der Waals surface area contributed by atoms with Crippen LogP contribution in [-0.2, 0) is 9.53 Å². The summed E-state index contributed by atoms with van der Waals surface area (Å²) in [6.45, 7) is 2.18. The molecule has 0 aliphatic heterocycles. The van der Waals surface area contributed by atoms with Crippen LogP contribution in [0.3, 0.4) is 0 Å². The second-order valence-corrected chi connectivity index (χ2v) is 10.6. The van der Waals surface area contributed by atoms with E-state index in [-0.39, 0.29) is 23.5 Å². The Morgan fingerprint density at radius 1 is 1.08 bits per heavy atom. The Balaban J connectivity index is 1.60. The lowest BCUT2D eigenvalue weighted by atomic mass is 9.86. The largest absolute Gasteiger partial charge is 0.490 e. The summed E-state index contributed by atoms with van der Waals surface area (Å²) in [7, 11) is 3.04. The van der Waals surface area contributed by atoms with Crippen molar-refractivity contribution in [3.63, 3.8) is 0 Å². The Labute approximate surface area is 231 Å². The zero-order chi connectivity index (χ0) is 27.9. The van der Waals surface area contributed by atoms with Gasteiger partial charge in [0, 0.05) is 37.0 Å². The molecule has 4 rings (SSSR count). The van der Waals surface area contributed by atoms with E-state index in [4.69, 9.17) is 31.8 Å². The van der Waals surface area contributed by atoms with Crippen LogP contribution >= 0.6 is 0 Å². The highest BCUT2D eigenvalue weighted by atomic mass is 16.5. The number of allylic oxidation sites excluding steroid dienone is 1. The number of hydrazine groups is 1. The van der Waals surface area contributed by atoms with Gasteiger partial charge in [0.05, 0.1) is 30.2 Å². The summed E-state index contributed by atoms with van der Waals surface area (Å²) < 4.78 is 11.4. The van der Waals surface area contributed by atoms with E-state index in [1.165, 1.54) is 50.4 Å². The summed E-state index contributed by atoms with van der Waals surface area (Å²) in [5.41, 5.74) is 16.3. The number of hydrogen-bond donors (Lipinski definition) is 3. The Hall–Kier alpha value is -3.78. The van der Waals surface area contributed by atoms with Gasteiger partial charge in [0.15, 0.2) is 0 Å². The highest BCUT2D eigenvalue weighted by Gasteiger charge is 2.45. The topological polar surface area (TPSA) is 129 Å². The third-order valence-electron chi connectivity index (χ3n) is 7.67. The number of rotatable bonds is 10. The molecule has 2 aliphatic rings. The van der Waals surface area contributed by atoms with E-state index in [9.17, 15) is 4.79 Å². The zero-order valence-corrected chi connectivity index (χ0v) is 23.2. The van der Waals surface area contributed by atoms with Crippen LogP contribution in [-0.4, -0.2) is 37.0 Å². The van der Waals surface area contributed by atoms with Gasteiger partial charge in [-0.3, -0.25) is 4.99 Å². The minimum Gasteiger partial charge on any atom is -0.490 e. The molecule has 0 spiro atoms. The smallest absolute Gasteiger partial charge is 0.341 e. The lowest BCUT2D eigenvalue weighted by Crippen LogP contribution is -2.25. The normalized spacial score (nSPS) is 21.3. The summed E-state index contributed by atoms with van der Waals surface area (Å²) in [5.74, 6) is 6.62. The molecule has 0 amide bonds. The van der Waals surface area contributed by atoms with Crippen LogP contribution in [0.1, 0.15) is 45.4 Å². The fourth-order valence-electron chi connectivity index (χ4n) is 5.46. The average Bonchev–Trinajstić information content (AvgIpc) is 3.74. The lowest BCUT2D eigenvalue weighted by molar-refractivity contribution is -0.135. The van der Waals surface area contributed by atoms with Crippen molar-refractivity contribution in [3.05, 3.63) is 72.2 Å². The van der Waals surface area contributed by atoms with Crippen LogP contribution < -0.4 is 22.0 Å². The molecule has 0 saturated heterocycles. The Morgan fingerprint density at radius 2 is 1.77 bits per heavy atom. The van der Waals surface area contributed by atoms with E-state index in [2.05, 4.69) is 19.1 Å². The van der Waals surface area contributed by atoms with Gasteiger partial charge in [-0.2, -0.15) is 0 Å². The average molecular weight is 532 g/mol. The van der Waals surface area contributed by atoms with Crippen LogP contribution in [0.2, 0.25) is 0 Å². The van der Waals surface area contributed by atoms with Crippen molar-refractivity contribution in [2.75, 3.05) is 14.2 Å². The van der Waals surface area contributed by atoms with Gasteiger partial charge in [0.2, 0.25) is 0 Å². The Morgan fingerprint density at radius 3 is 2.44 bits per heavy atom. The highest BCUT2D eigenvalue weighted by molar-refractivity contribution is 6.22. The van der Waals surface area contributed by atoms with Crippen molar-refractivity contribution in [1.82, 2.24) is 5.01 Å². The maximum atomic E-state index is 12.6. The van der Waals surface area contributed by atoms with Gasteiger partial charge in [-0.25, -0.2) is 10.6 Å². The van der Waals surface area contributed by atoms with E-state index in [1.807, 2.05) is 36.4 Å². The Bertz CT molecular complexity index is 1250. The predicted molar refractivity (Wildman–Crippen MR) is 156 cm³/mol. The van der Waals surface area contributed by atoms with E-state index in [0.717, 1.165) is 23.3 Å². The second kappa shape index (κ2) is 12.8. The molecular formula is C31H41N5O3. The monoisotopic (exact) mass is 531 g/mol. The molecule has 2 saturated carbocycles. The number of ether oxygens (including phenoxy) is 2. The van der Waals surface area contributed by atoms with Crippen molar-refractivity contribution in [2.24, 2.45) is 40.1 Å². The molecule has 2 fully saturated rings. The molecule has 0 heterocycles. The van der Waals surface area contributed by atoms with Gasteiger partial charge in [-0.1, -0.05) is 43.5 Å². The van der Waals surface area contributed by atoms with Crippen molar-refractivity contribution in [3.8, 4) is 16.9 Å². The molecule has 0 bridgehead atoms. The van der Waals surface area contributed by atoms with Gasteiger partial charge >= 0.3 is 5.97 Å². The molecule has 208 valence electrons. The molecule has 2 aromatic carbocycles. The molecule has 6 N–H and O–H groups in total. The number of aliphatic imine (C=N–C) groups is 1. The first-order valence-electron chi connectivity index (χ1n) is 13.7. The molecule has 2 aliphatic carbocycles. The first-order chi connectivity index (χ1) is 18.8. The number of methoxy groups -OCH3 is 1. The van der Waals surface area contributed by atoms with E-state index in [0.29, 0.717) is 23.0 Å². The third-order valence-corrected chi connectivity index (χ3v) is 7.67. The molecule has 2 aromatic rings. The number of hydrogen-bond acceptors (Lipinski definition) is 8. The van der Waals surface area contributed by atoms with E-state index >= 15 is 0 Å². The van der Waals surface area contributed by atoms with Crippen molar-refractivity contribution in [1.29, 1.82) is 0 Å². The number of nitrogens with zero attached hydrogens (tertiary/aromatic N) is 2. The van der Waals surface area contributed by atoms with E-state index in [1.54, 1.807) is 13.2 Å². The minimum absolute atomic E-state index is 0.0116. The Kier molecular flexibility index (Phi) is 9.30. The molecule has 8 nitrogen and oxygen atoms in total. The van der Waals surface area contributed by atoms with Gasteiger partial charge in [0.25, 0.3) is 0 Å². The maximum Gasteiger partial charge on any atom is 0.341 e. The summed E-state index contributed by atoms with van der Waals surface area (Å²) >= 11 is 0. The SMILES string of the molecule is COC(=O)C(=CN)C(=Nc1cccc(-c2cccc(OC(C)C3CCCCC3)c2)c1)[C@@H]1CC1/C(N)=C/N(C)N. The maximum absolute atomic E-state index is 12.6. The highest BCUT2D eigenvalue weighted by Crippen LogP contribution is 2.46. The predicted octanol–water partition coefficient (Wildman–Crippen LogP) is 5.03. The second-order valence-electron chi connectivity index (χ2n) is 10.6. The molecule has 8 heteroatoms. The molecule has 0 aromatic heterocycles. The zero-order valence-electron chi connectivity index (χ0n) is 23.2. The van der Waals surface area contributed by atoms with Gasteiger partial charge in [-0.15, -0.1) is 0 Å². The van der Waals surface area contributed by atoms with Crippen LogP contribution in [0.4, 0.5) is 5.69 Å². The van der Waals surface area contributed by atoms with Crippen LogP contribution in [0.5, 0.6) is 5.75 Å². The van der Waals surface area contributed by atoms with Crippen LogP contribution in [0.25, 0.3) is 11.1 Å². The number of benzene rings is 2. The fraction of sp³-hybridized carbons (Fsp3) is 0.419. The van der Waals surface area contributed by atoms with Crippen LogP contribution in [0.15, 0.2) is 77.2 Å². The van der Waals surface area contributed by atoms with Crippen molar-refractivity contribution >= 4 is 17.4 Å². The molecule has 39 heavy (non-hydrogen) atoms. The van der Waals surface area contributed by atoms with Crippen molar-refractivity contribution in [2.45, 2.75) is 51.6 Å². The molecule has 0 radical (unpaired) electrons. The summed E-state index contributed by atoms with van der Waals surface area (Å²) in [4.78, 5) is 17.4. The van der Waals surface area contributed by atoms with Gasteiger partial charge in [0.1, 0.15) is 5.75 Å². The fourth-order valence-corrected chi connectivity index (χ4v) is 5.46. The van der Waals surface area contributed by atoms with Gasteiger partial charge in [-0.05, 0) is 67.5 Å². The molecule has 2 unspecified atom stereocenters. The molecule has 3 atom stereocenters. The van der Waals surface area contributed by atoms with Gasteiger partial charge < -0.3 is 25.9 Å². The molecular weight excluding hydrogens is 490 g/mol. The number of esters is 1. The number of carbonyl (C=O) groups is 1. The summed E-state index contributed by atoms with van der Waals surface area (Å²) in [6.07, 6.45) is 10.2.